The van der Waals surface area contributed by atoms with Gasteiger partial charge in [-0.2, -0.15) is 0 Å². The zero-order valence-electron chi connectivity index (χ0n) is 23.7. The highest BCUT2D eigenvalue weighted by atomic mass is 16.2. The Bertz CT molecular complexity index is 1320. The summed E-state index contributed by atoms with van der Waals surface area (Å²) < 4.78 is 0. The van der Waals surface area contributed by atoms with Crippen molar-refractivity contribution in [2.75, 3.05) is 0 Å². The molecule has 0 heterocycles. The fourth-order valence-electron chi connectivity index (χ4n) is 8.97. The molecule has 3 heteroatoms. The largest absolute Gasteiger partial charge is 0.337 e. The molecule has 4 bridgehead atoms. The van der Waals surface area contributed by atoms with E-state index < -0.39 is 5.54 Å². The molecular formula is C38H40N2O. The minimum atomic E-state index is -0.810. The minimum Gasteiger partial charge on any atom is -0.337 e. The fourth-order valence-corrected chi connectivity index (χ4v) is 8.97. The molecular weight excluding hydrogens is 500 g/mol. The lowest BCUT2D eigenvalue weighted by Gasteiger charge is -2.59. The van der Waals surface area contributed by atoms with Crippen molar-refractivity contribution in [3.8, 4) is 0 Å². The first-order chi connectivity index (χ1) is 20.1. The van der Waals surface area contributed by atoms with Crippen LogP contribution in [0, 0.1) is 23.2 Å². The molecule has 4 saturated carbocycles. The number of nitrogens with one attached hydrogen (secondary N) is 2. The first-order valence-electron chi connectivity index (χ1n) is 15.4. The maximum Gasteiger partial charge on any atom is 0.238 e. The molecule has 0 radical (unpaired) electrons. The first-order valence-corrected chi connectivity index (χ1v) is 15.4. The van der Waals surface area contributed by atoms with Crippen molar-refractivity contribution in [3.63, 3.8) is 0 Å². The van der Waals surface area contributed by atoms with Crippen LogP contribution in [0.1, 0.15) is 60.8 Å². The van der Waals surface area contributed by atoms with Gasteiger partial charge in [-0.15, -0.1) is 0 Å². The summed E-state index contributed by atoms with van der Waals surface area (Å²) in [5.41, 5.74) is 3.61. The van der Waals surface area contributed by atoms with Crippen molar-refractivity contribution < 1.29 is 4.79 Å². The van der Waals surface area contributed by atoms with Crippen LogP contribution in [-0.2, 0) is 16.9 Å². The lowest BCUT2D eigenvalue weighted by Crippen LogP contribution is -2.63. The summed E-state index contributed by atoms with van der Waals surface area (Å²) >= 11 is 0. The zero-order valence-corrected chi connectivity index (χ0v) is 23.7. The van der Waals surface area contributed by atoms with Crippen molar-refractivity contribution in [2.24, 2.45) is 23.2 Å². The van der Waals surface area contributed by atoms with Crippen molar-refractivity contribution in [3.05, 3.63) is 144 Å². The van der Waals surface area contributed by atoms with E-state index >= 15 is 4.79 Å². The second-order valence-electron chi connectivity index (χ2n) is 12.9. The van der Waals surface area contributed by atoms with E-state index in [1.165, 1.54) is 24.8 Å². The lowest BCUT2D eigenvalue weighted by molar-refractivity contribution is -0.136. The number of benzene rings is 4. The molecule has 1 unspecified atom stereocenters. The average Bonchev–Trinajstić information content (AvgIpc) is 3.01. The Labute approximate surface area is 244 Å². The summed E-state index contributed by atoms with van der Waals surface area (Å²) in [4.78, 5) is 15.0. The van der Waals surface area contributed by atoms with E-state index in [-0.39, 0.29) is 17.4 Å². The number of rotatable bonds is 9. The van der Waals surface area contributed by atoms with Crippen molar-refractivity contribution in [1.82, 2.24) is 10.6 Å². The minimum absolute atomic E-state index is 0.00339. The van der Waals surface area contributed by atoms with Gasteiger partial charge in [-0.05, 0) is 83.9 Å². The quantitative estimate of drug-likeness (QED) is 0.216. The molecule has 208 valence electrons. The van der Waals surface area contributed by atoms with Crippen LogP contribution >= 0.6 is 0 Å². The van der Waals surface area contributed by atoms with Crippen LogP contribution in [0.5, 0.6) is 0 Å². The Kier molecular flexibility index (Phi) is 7.00. The topological polar surface area (TPSA) is 41.1 Å². The molecule has 41 heavy (non-hydrogen) atoms. The normalized spacial score (nSPS) is 25.5. The number of amides is 1. The molecule has 4 aliphatic rings. The monoisotopic (exact) mass is 540 g/mol. The van der Waals surface area contributed by atoms with E-state index in [1.807, 2.05) is 18.2 Å². The Hall–Kier alpha value is -3.69. The van der Waals surface area contributed by atoms with Crippen LogP contribution in [0.4, 0.5) is 0 Å². The van der Waals surface area contributed by atoms with Gasteiger partial charge >= 0.3 is 0 Å². The van der Waals surface area contributed by atoms with Gasteiger partial charge in [0, 0.05) is 6.54 Å². The van der Waals surface area contributed by atoms with E-state index in [0.717, 1.165) is 53.7 Å². The summed E-state index contributed by atoms with van der Waals surface area (Å²) in [7, 11) is 0. The highest BCUT2D eigenvalue weighted by Crippen LogP contribution is 2.61. The third-order valence-electron chi connectivity index (χ3n) is 10.2. The summed E-state index contributed by atoms with van der Waals surface area (Å²) in [6.07, 6.45) is 7.55. The van der Waals surface area contributed by atoms with Gasteiger partial charge in [0.05, 0.1) is 6.04 Å². The molecule has 4 aromatic rings. The smallest absolute Gasteiger partial charge is 0.238 e. The molecule has 1 amide bonds. The van der Waals surface area contributed by atoms with Gasteiger partial charge in [-0.3, -0.25) is 4.79 Å². The van der Waals surface area contributed by atoms with Gasteiger partial charge in [0.15, 0.2) is 0 Å². The first kappa shape index (κ1) is 26.2. The average molecular weight is 541 g/mol. The summed E-state index contributed by atoms with van der Waals surface area (Å²) in [5.74, 6) is 2.39. The van der Waals surface area contributed by atoms with Gasteiger partial charge in [0.25, 0.3) is 0 Å². The van der Waals surface area contributed by atoms with Crippen LogP contribution in [0.15, 0.2) is 121 Å². The molecule has 2 N–H and O–H groups in total. The predicted molar refractivity (Wildman–Crippen MR) is 165 cm³/mol. The third-order valence-corrected chi connectivity index (χ3v) is 10.2. The molecule has 0 saturated heterocycles. The van der Waals surface area contributed by atoms with E-state index in [2.05, 4.69) is 114 Å². The standard InChI is InChI=1S/C38H40N2O/c41-36(35(39-27-28-13-5-1-6-14-28)37-24-29-21-30(25-37)23-31(22-29)26-37)40-38(32-15-7-2-8-16-32,33-17-9-3-10-18-33)34-19-11-4-12-20-34/h1-20,29-31,35,39H,21-27H2,(H,40,41). The van der Waals surface area contributed by atoms with Crippen LogP contribution in [-0.4, -0.2) is 11.9 Å². The summed E-state index contributed by atoms with van der Waals surface area (Å²) in [6, 6.07) is 41.8. The molecule has 4 aromatic carbocycles. The Morgan fingerprint density at radius 2 is 1.02 bits per heavy atom. The van der Waals surface area contributed by atoms with Gasteiger partial charge in [-0.25, -0.2) is 0 Å². The number of hydrogen-bond acceptors (Lipinski definition) is 2. The van der Waals surface area contributed by atoms with Crippen molar-refractivity contribution >= 4 is 5.91 Å². The van der Waals surface area contributed by atoms with Crippen molar-refractivity contribution in [2.45, 2.75) is 56.7 Å². The molecule has 4 fully saturated rings. The highest BCUT2D eigenvalue weighted by Gasteiger charge is 2.56. The Balaban J connectivity index is 1.32. The van der Waals surface area contributed by atoms with E-state index in [9.17, 15) is 0 Å². The molecule has 8 rings (SSSR count). The summed E-state index contributed by atoms with van der Waals surface area (Å²) in [6.45, 7) is 0.690. The van der Waals surface area contributed by atoms with Gasteiger partial charge < -0.3 is 10.6 Å². The second-order valence-corrected chi connectivity index (χ2v) is 12.9. The van der Waals surface area contributed by atoms with Crippen LogP contribution in [0.3, 0.4) is 0 Å². The van der Waals surface area contributed by atoms with Crippen LogP contribution in [0.2, 0.25) is 0 Å². The summed E-state index contributed by atoms with van der Waals surface area (Å²) in [5, 5.41) is 7.60. The zero-order chi connectivity index (χ0) is 27.7. The van der Waals surface area contributed by atoms with E-state index in [1.54, 1.807) is 0 Å². The van der Waals surface area contributed by atoms with E-state index in [4.69, 9.17) is 0 Å². The SMILES string of the molecule is O=C(NC(c1ccccc1)(c1ccccc1)c1ccccc1)C(NCc1ccccc1)C12CC3CC(CC(C3)C1)C2. The molecule has 0 spiro atoms. The fraction of sp³-hybridized carbons (Fsp3) is 0.342. The molecule has 1 atom stereocenters. The van der Waals surface area contributed by atoms with Crippen LogP contribution in [0.25, 0.3) is 0 Å². The second kappa shape index (κ2) is 10.9. The number of carbonyl (C=O) groups excluding carboxylic acids is 1. The van der Waals surface area contributed by atoms with Gasteiger partial charge in [-0.1, -0.05) is 121 Å². The number of hydrogen-bond donors (Lipinski definition) is 2. The molecule has 0 aliphatic heterocycles. The van der Waals surface area contributed by atoms with Gasteiger partial charge in [0.2, 0.25) is 5.91 Å². The molecule has 4 aliphatic carbocycles. The lowest BCUT2D eigenvalue weighted by atomic mass is 9.47. The van der Waals surface area contributed by atoms with Crippen molar-refractivity contribution in [1.29, 1.82) is 0 Å². The highest BCUT2D eigenvalue weighted by molar-refractivity contribution is 5.85. The predicted octanol–water partition coefficient (Wildman–Crippen LogP) is 7.47. The Morgan fingerprint density at radius 1 is 0.634 bits per heavy atom. The Morgan fingerprint density at radius 3 is 1.44 bits per heavy atom. The van der Waals surface area contributed by atoms with E-state index in [0.29, 0.717) is 6.54 Å². The maximum absolute atomic E-state index is 15.0. The molecule has 0 aromatic heterocycles. The van der Waals surface area contributed by atoms with Crippen LogP contribution < -0.4 is 10.6 Å². The maximum atomic E-state index is 15.0. The van der Waals surface area contributed by atoms with Gasteiger partial charge in [0.1, 0.15) is 5.54 Å². The molecule has 3 nitrogen and oxygen atoms in total. The number of carbonyl (C=O) groups is 1. The third kappa shape index (κ3) is 4.91.